The zero-order valence-electron chi connectivity index (χ0n) is 9.06. The number of piperazine rings is 1. The van der Waals surface area contributed by atoms with E-state index in [1.165, 1.54) is 7.05 Å². The van der Waals surface area contributed by atoms with E-state index in [0.717, 1.165) is 23.7 Å². The summed E-state index contributed by atoms with van der Waals surface area (Å²) in [5.74, 6) is -0.135. The zero-order chi connectivity index (χ0) is 11.5. The molecule has 6 nitrogen and oxygen atoms in total. The second-order valence-electron chi connectivity index (χ2n) is 3.65. The van der Waals surface area contributed by atoms with E-state index in [-0.39, 0.29) is 12.5 Å². The summed E-state index contributed by atoms with van der Waals surface area (Å²) in [7, 11) is -1.85. The summed E-state index contributed by atoms with van der Waals surface area (Å²) < 4.78 is 23.3. The van der Waals surface area contributed by atoms with Crippen molar-refractivity contribution >= 4 is 15.9 Å². The van der Waals surface area contributed by atoms with Gasteiger partial charge in [-0.25, -0.2) is 8.42 Å². The van der Waals surface area contributed by atoms with Gasteiger partial charge in [-0.15, -0.1) is 0 Å². The fraction of sp³-hybridized carbons (Fsp3) is 0.875. The quantitative estimate of drug-likeness (QED) is 0.634. The SMILES string of the molecule is CN(CC(=O)N1CCNCC1)S(C)(=O)=O. The van der Waals surface area contributed by atoms with E-state index in [9.17, 15) is 13.2 Å². The van der Waals surface area contributed by atoms with E-state index in [4.69, 9.17) is 0 Å². The number of carbonyl (C=O) groups excluding carboxylic acids is 1. The standard InChI is InChI=1S/C8H17N3O3S/c1-10(15(2,13)14)7-8(12)11-5-3-9-4-6-11/h9H,3-7H2,1-2H3. The molecule has 7 heteroatoms. The van der Waals surface area contributed by atoms with Crippen LogP contribution in [0.5, 0.6) is 0 Å². The van der Waals surface area contributed by atoms with Crippen LogP contribution in [0.2, 0.25) is 0 Å². The van der Waals surface area contributed by atoms with E-state index >= 15 is 0 Å². The number of hydrogen-bond acceptors (Lipinski definition) is 4. The molecule has 1 saturated heterocycles. The van der Waals surface area contributed by atoms with Gasteiger partial charge in [-0.1, -0.05) is 0 Å². The Bertz CT molecular complexity index is 322. The van der Waals surface area contributed by atoms with Crippen LogP contribution in [0.15, 0.2) is 0 Å². The number of rotatable bonds is 3. The van der Waals surface area contributed by atoms with E-state index in [2.05, 4.69) is 5.32 Å². The Balaban J connectivity index is 2.47. The average Bonchev–Trinajstić information content (AvgIpc) is 2.17. The minimum Gasteiger partial charge on any atom is -0.339 e. The summed E-state index contributed by atoms with van der Waals surface area (Å²) in [6.07, 6.45) is 1.10. The van der Waals surface area contributed by atoms with Crippen LogP contribution >= 0.6 is 0 Å². The summed E-state index contributed by atoms with van der Waals surface area (Å²) in [5, 5.41) is 3.13. The molecule has 0 radical (unpaired) electrons. The number of sulfonamides is 1. The van der Waals surface area contributed by atoms with E-state index in [1.807, 2.05) is 0 Å². The van der Waals surface area contributed by atoms with Gasteiger partial charge in [0, 0.05) is 33.2 Å². The molecule has 0 aromatic carbocycles. The predicted octanol–water partition coefficient (Wildman–Crippen LogP) is -1.69. The van der Waals surface area contributed by atoms with Crippen LogP contribution < -0.4 is 5.32 Å². The highest BCUT2D eigenvalue weighted by Gasteiger charge is 2.20. The molecule has 0 spiro atoms. The molecule has 0 unspecified atom stereocenters. The summed E-state index contributed by atoms with van der Waals surface area (Å²) in [5.41, 5.74) is 0. The summed E-state index contributed by atoms with van der Waals surface area (Å²) in [6.45, 7) is 2.77. The third-order valence-electron chi connectivity index (χ3n) is 2.39. The van der Waals surface area contributed by atoms with Gasteiger partial charge in [-0.05, 0) is 0 Å². The highest BCUT2D eigenvalue weighted by atomic mass is 32.2. The van der Waals surface area contributed by atoms with Crippen molar-refractivity contribution in [3.05, 3.63) is 0 Å². The Morgan fingerprint density at radius 1 is 1.40 bits per heavy atom. The van der Waals surface area contributed by atoms with Gasteiger partial charge < -0.3 is 10.2 Å². The topological polar surface area (TPSA) is 69.7 Å². The van der Waals surface area contributed by atoms with Gasteiger partial charge >= 0.3 is 0 Å². The third-order valence-corrected chi connectivity index (χ3v) is 3.66. The molecule has 1 amide bonds. The van der Waals surface area contributed by atoms with Crippen molar-refractivity contribution in [1.82, 2.24) is 14.5 Å². The molecule has 88 valence electrons. The first-order chi connectivity index (χ1) is 6.91. The summed E-state index contributed by atoms with van der Waals surface area (Å²) in [4.78, 5) is 13.3. The molecule has 0 bridgehead atoms. The normalized spacial score (nSPS) is 18.2. The van der Waals surface area contributed by atoms with Crippen molar-refractivity contribution in [2.75, 3.05) is 46.0 Å². The minimum absolute atomic E-state index is 0.0706. The van der Waals surface area contributed by atoms with Gasteiger partial charge in [-0.2, -0.15) is 4.31 Å². The van der Waals surface area contributed by atoms with Crippen molar-refractivity contribution < 1.29 is 13.2 Å². The fourth-order valence-corrected chi connectivity index (χ4v) is 1.67. The molecule has 1 fully saturated rings. The van der Waals surface area contributed by atoms with Gasteiger partial charge in [-0.3, -0.25) is 4.79 Å². The molecule has 0 aromatic heterocycles. The Kier molecular flexibility index (Phi) is 4.06. The highest BCUT2D eigenvalue weighted by Crippen LogP contribution is 1.98. The number of amides is 1. The number of nitrogens with zero attached hydrogens (tertiary/aromatic N) is 2. The lowest BCUT2D eigenvalue weighted by Crippen LogP contribution is -2.49. The fourth-order valence-electron chi connectivity index (χ4n) is 1.32. The average molecular weight is 235 g/mol. The highest BCUT2D eigenvalue weighted by molar-refractivity contribution is 7.88. The van der Waals surface area contributed by atoms with Crippen LogP contribution in [0.25, 0.3) is 0 Å². The molecule has 0 saturated carbocycles. The maximum Gasteiger partial charge on any atom is 0.237 e. The predicted molar refractivity (Wildman–Crippen MR) is 56.9 cm³/mol. The molecule has 1 N–H and O–H groups in total. The number of nitrogens with one attached hydrogen (secondary N) is 1. The minimum atomic E-state index is -3.27. The zero-order valence-corrected chi connectivity index (χ0v) is 9.88. The second kappa shape index (κ2) is 4.91. The van der Waals surface area contributed by atoms with Crippen LogP contribution in [0.4, 0.5) is 0 Å². The Hall–Kier alpha value is -0.660. The lowest BCUT2D eigenvalue weighted by molar-refractivity contribution is -0.131. The smallest absolute Gasteiger partial charge is 0.237 e. The Labute approximate surface area is 90.3 Å². The molecular weight excluding hydrogens is 218 g/mol. The van der Waals surface area contributed by atoms with Crippen LogP contribution in [0.1, 0.15) is 0 Å². The Morgan fingerprint density at radius 3 is 2.40 bits per heavy atom. The van der Waals surface area contributed by atoms with Gasteiger partial charge in [0.25, 0.3) is 0 Å². The van der Waals surface area contributed by atoms with Crippen molar-refractivity contribution in [1.29, 1.82) is 0 Å². The molecule has 0 aromatic rings. The van der Waals surface area contributed by atoms with Crippen molar-refractivity contribution in [2.45, 2.75) is 0 Å². The molecule has 0 atom stereocenters. The largest absolute Gasteiger partial charge is 0.339 e. The van der Waals surface area contributed by atoms with Crippen molar-refractivity contribution in [3.63, 3.8) is 0 Å². The molecule has 1 aliphatic rings. The second-order valence-corrected chi connectivity index (χ2v) is 5.74. The maximum absolute atomic E-state index is 11.6. The van der Waals surface area contributed by atoms with E-state index in [0.29, 0.717) is 13.1 Å². The first kappa shape index (κ1) is 12.4. The van der Waals surface area contributed by atoms with Crippen molar-refractivity contribution in [2.24, 2.45) is 0 Å². The molecule has 1 aliphatic heterocycles. The van der Waals surface area contributed by atoms with Crippen LogP contribution in [0, 0.1) is 0 Å². The first-order valence-corrected chi connectivity index (χ1v) is 6.66. The first-order valence-electron chi connectivity index (χ1n) is 4.81. The number of hydrogen-bond donors (Lipinski definition) is 1. The number of likely N-dealkylation sites (N-methyl/N-ethyl adjacent to an activating group) is 1. The monoisotopic (exact) mass is 235 g/mol. The van der Waals surface area contributed by atoms with Crippen molar-refractivity contribution in [3.8, 4) is 0 Å². The molecular formula is C8H17N3O3S. The van der Waals surface area contributed by atoms with Gasteiger partial charge in [0.15, 0.2) is 0 Å². The van der Waals surface area contributed by atoms with E-state index in [1.54, 1.807) is 4.90 Å². The summed E-state index contributed by atoms with van der Waals surface area (Å²) >= 11 is 0. The van der Waals surface area contributed by atoms with Gasteiger partial charge in [0.05, 0.1) is 12.8 Å². The molecule has 1 rings (SSSR count). The maximum atomic E-state index is 11.6. The van der Waals surface area contributed by atoms with Crippen LogP contribution in [-0.2, 0) is 14.8 Å². The van der Waals surface area contributed by atoms with Gasteiger partial charge in [0.2, 0.25) is 15.9 Å². The van der Waals surface area contributed by atoms with E-state index < -0.39 is 10.0 Å². The number of carbonyl (C=O) groups is 1. The third kappa shape index (κ3) is 3.77. The van der Waals surface area contributed by atoms with Gasteiger partial charge in [0.1, 0.15) is 0 Å². The molecule has 1 heterocycles. The Morgan fingerprint density at radius 2 is 1.93 bits per heavy atom. The lowest BCUT2D eigenvalue weighted by atomic mass is 10.3. The molecule has 0 aliphatic carbocycles. The summed E-state index contributed by atoms with van der Waals surface area (Å²) in [6, 6.07) is 0. The lowest BCUT2D eigenvalue weighted by Gasteiger charge is -2.28. The van der Waals surface area contributed by atoms with Crippen LogP contribution in [0.3, 0.4) is 0 Å². The van der Waals surface area contributed by atoms with Crippen LogP contribution in [-0.4, -0.2) is 69.6 Å². The molecule has 15 heavy (non-hydrogen) atoms.